The summed E-state index contributed by atoms with van der Waals surface area (Å²) in [4.78, 5) is 25.7. The summed E-state index contributed by atoms with van der Waals surface area (Å²) < 4.78 is 11.6. The van der Waals surface area contributed by atoms with Crippen molar-refractivity contribution in [2.24, 2.45) is 0 Å². The number of allylic oxidation sites excluding steroid dienone is 2. The Morgan fingerprint density at radius 1 is 0.966 bits per heavy atom. The first kappa shape index (κ1) is 19.7. The van der Waals surface area contributed by atoms with Crippen molar-refractivity contribution in [3.8, 4) is 11.5 Å². The molecule has 0 saturated carbocycles. The first-order valence-electron chi connectivity index (χ1n) is 9.54. The van der Waals surface area contributed by atoms with Gasteiger partial charge in [0.1, 0.15) is 0 Å². The van der Waals surface area contributed by atoms with Crippen LogP contribution < -0.4 is 14.8 Å². The molecule has 2 aromatic carbocycles. The molecule has 1 heterocycles. The third kappa shape index (κ3) is 3.69. The summed E-state index contributed by atoms with van der Waals surface area (Å²) in [7, 11) is 3.15. The lowest BCUT2D eigenvalue weighted by atomic mass is 9.73. The molecule has 2 aromatic rings. The highest BCUT2D eigenvalue weighted by Crippen LogP contribution is 2.45. The fourth-order valence-corrected chi connectivity index (χ4v) is 4.97. The van der Waals surface area contributed by atoms with Crippen LogP contribution in [0.1, 0.15) is 42.2 Å². The van der Waals surface area contributed by atoms with Gasteiger partial charge in [0.2, 0.25) is 5.91 Å². The van der Waals surface area contributed by atoms with E-state index in [4.69, 9.17) is 9.47 Å². The smallest absolute Gasteiger partial charge is 0.225 e. The van der Waals surface area contributed by atoms with E-state index in [9.17, 15) is 9.59 Å². The predicted molar refractivity (Wildman–Crippen MR) is 113 cm³/mol. The lowest BCUT2D eigenvalue weighted by Crippen LogP contribution is -2.38. The summed E-state index contributed by atoms with van der Waals surface area (Å²) in [5.41, 5.74) is 3.46. The molecule has 0 radical (unpaired) electrons. The second-order valence-electron chi connectivity index (χ2n) is 7.37. The van der Waals surface area contributed by atoms with Gasteiger partial charge in [-0.25, -0.2) is 0 Å². The number of nitrogens with one attached hydrogen (secondary N) is 1. The Bertz CT molecular complexity index is 999. The van der Waals surface area contributed by atoms with Crippen LogP contribution in [-0.4, -0.2) is 25.9 Å². The summed E-state index contributed by atoms with van der Waals surface area (Å²) in [5.74, 6) is 0.968. The number of hydrogen-bond donors (Lipinski definition) is 1. The van der Waals surface area contributed by atoms with E-state index in [0.29, 0.717) is 24.3 Å². The molecule has 1 aliphatic carbocycles. The molecule has 0 fully saturated rings. The van der Waals surface area contributed by atoms with Crippen molar-refractivity contribution in [1.29, 1.82) is 0 Å². The maximum atomic E-state index is 13.2. The van der Waals surface area contributed by atoms with E-state index < -0.39 is 0 Å². The Kier molecular flexibility index (Phi) is 5.46. The van der Waals surface area contributed by atoms with Crippen LogP contribution >= 0.6 is 15.9 Å². The molecule has 5 nitrogen and oxygen atoms in total. The molecule has 29 heavy (non-hydrogen) atoms. The van der Waals surface area contributed by atoms with E-state index in [1.165, 1.54) is 0 Å². The zero-order valence-corrected chi connectivity index (χ0v) is 17.9. The van der Waals surface area contributed by atoms with Crippen molar-refractivity contribution in [3.63, 3.8) is 0 Å². The van der Waals surface area contributed by atoms with Crippen molar-refractivity contribution in [2.75, 3.05) is 14.2 Å². The molecule has 1 amide bonds. The lowest BCUT2D eigenvalue weighted by molar-refractivity contribution is -0.122. The quantitative estimate of drug-likeness (QED) is 0.738. The molecule has 2 aliphatic rings. The Hall–Kier alpha value is -2.60. The van der Waals surface area contributed by atoms with Crippen molar-refractivity contribution in [3.05, 3.63) is 69.3 Å². The SMILES string of the molecule is COc1cc(C2CC(=O)NC3=C2C(=O)CC(c2ccccc2)C3)cc(Br)c1OC. The molecular weight excluding hydrogens is 434 g/mol. The number of hydrogen-bond acceptors (Lipinski definition) is 4. The number of ketones is 1. The number of benzene rings is 2. The predicted octanol–water partition coefficient (Wildman–Crippen LogP) is 4.47. The normalized spacial score (nSPS) is 21.5. The van der Waals surface area contributed by atoms with Crippen LogP contribution in [0, 0.1) is 0 Å². The van der Waals surface area contributed by atoms with Crippen LogP contribution in [0.3, 0.4) is 0 Å². The fraction of sp³-hybridized carbons (Fsp3) is 0.304. The fourth-order valence-electron chi connectivity index (χ4n) is 4.34. The van der Waals surface area contributed by atoms with E-state index in [-0.39, 0.29) is 29.9 Å². The van der Waals surface area contributed by atoms with E-state index in [1.54, 1.807) is 14.2 Å². The number of methoxy groups -OCH3 is 2. The van der Waals surface area contributed by atoms with Crippen molar-refractivity contribution >= 4 is 27.6 Å². The zero-order chi connectivity index (χ0) is 20.5. The summed E-state index contributed by atoms with van der Waals surface area (Å²) in [6, 6.07) is 13.8. The number of ether oxygens (including phenoxy) is 2. The van der Waals surface area contributed by atoms with Gasteiger partial charge in [-0.05, 0) is 51.5 Å². The third-order valence-corrected chi connectivity index (χ3v) is 6.25. The van der Waals surface area contributed by atoms with Crippen LogP contribution in [0.4, 0.5) is 0 Å². The molecule has 0 aromatic heterocycles. The molecule has 6 heteroatoms. The van der Waals surface area contributed by atoms with Gasteiger partial charge in [-0.2, -0.15) is 0 Å². The molecular formula is C23H22BrNO4. The van der Waals surface area contributed by atoms with Gasteiger partial charge in [0.15, 0.2) is 17.3 Å². The largest absolute Gasteiger partial charge is 0.493 e. The maximum absolute atomic E-state index is 13.2. The first-order valence-corrected chi connectivity index (χ1v) is 10.3. The molecule has 0 spiro atoms. The summed E-state index contributed by atoms with van der Waals surface area (Å²) >= 11 is 3.52. The minimum absolute atomic E-state index is 0.0684. The van der Waals surface area contributed by atoms with Gasteiger partial charge in [0.25, 0.3) is 0 Å². The summed E-state index contributed by atoms with van der Waals surface area (Å²) in [6.07, 6.45) is 1.34. The summed E-state index contributed by atoms with van der Waals surface area (Å²) in [5, 5.41) is 2.97. The van der Waals surface area contributed by atoms with Gasteiger partial charge in [-0.1, -0.05) is 30.3 Å². The van der Waals surface area contributed by atoms with Crippen LogP contribution in [0.25, 0.3) is 0 Å². The molecule has 0 bridgehead atoms. The number of carbonyl (C=O) groups is 2. The minimum Gasteiger partial charge on any atom is -0.493 e. The average molecular weight is 456 g/mol. The Balaban J connectivity index is 1.75. The van der Waals surface area contributed by atoms with E-state index in [1.807, 2.05) is 42.5 Å². The molecule has 150 valence electrons. The highest BCUT2D eigenvalue weighted by molar-refractivity contribution is 9.10. The van der Waals surface area contributed by atoms with E-state index in [2.05, 4.69) is 21.2 Å². The van der Waals surface area contributed by atoms with Gasteiger partial charge in [-0.3, -0.25) is 9.59 Å². The minimum atomic E-state index is -0.293. The van der Waals surface area contributed by atoms with E-state index >= 15 is 0 Å². The molecule has 4 rings (SSSR count). The highest BCUT2D eigenvalue weighted by atomic mass is 79.9. The van der Waals surface area contributed by atoms with Crippen LogP contribution in [0.2, 0.25) is 0 Å². The number of halogens is 1. The van der Waals surface area contributed by atoms with Crippen LogP contribution in [-0.2, 0) is 9.59 Å². The first-order chi connectivity index (χ1) is 14.0. The van der Waals surface area contributed by atoms with Crippen molar-refractivity contribution < 1.29 is 19.1 Å². The Morgan fingerprint density at radius 2 is 1.72 bits per heavy atom. The van der Waals surface area contributed by atoms with Gasteiger partial charge >= 0.3 is 0 Å². The van der Waals surface area contributed by atoms with Gasteiger partial charge in [0.05, 0.1) is 18.7 Å². The Labute approximate surface area is 178 Å². The Morgan fingerprint density at radius 3 is 2.41 bits per heavy atom. The topological polar surface area (TPSA) is 64.6 Å². The van der Waals surface area contributed by atoms with Gasteiger partial charge in [-0.15, -0.1) is 0 Å². The zero-order valence-electron chi connectivity index (χ0n) is 16.3. The maximum Gasteiger partial charge on any atom is 0.225 e. The molecule has 0 saturated heterocycles. The van der Waals surface area contributed by atoms with Gasteiger partial charge in [0, 0.05) is 30.0 Å². The molecule has 1 N–H and O–H groups in total. The molecule has 2 unspecified atom stereocenters. The monoisotopic (exact) mass is 455 g/mol. The number of carbonyl (C=O) groups excluding carboxylic acids is 2. The van der Waals surface area contributed by atoms with Crippen LogP contribution in [0.5, 0.6) is 11.5 Å². The lowest BCUT2D eigenvalue weighted by Gasteiger charge is -2.34. The van der Waals surface area contributed by atoms with E-state index in [0.717, 1.165) is 26.9 Å². The number of Topliss-reactive ketones (excluding diaryl/α,β-unsaturated/α-hetero) is 1. The van der Waals surface area contributed by atoms with Crippen LogP contribution in [0.15, 0.2) is 58.2 Å². The number of rotatable bonds is 4. The highest BCUT2D eigenvalue weighted by Gasteiger charge is 2.38. The standard InChI is InChI=1S/C23H22BrNO4/c1-28-20-11-15(8-17(24)23(20)29-2)16-12-21(27)25-18-9-14(10-19(26)22(16)18)13-6-4-3-5-7-13/h3-8,11,14,16H,9-10,12H2,1-2H3,(H,25,27). The molecule has 2 atom stereocenters. The second kappa shape index (κ2) is 8.03. The second-order valence-corrected chi connectivity index (χ2v) is 8.23. The van der Waals surface area contributed by atoms with Gasteiger partial charge < -0.3 is 14.8 Å². The third-order valence-electron chi connectivity index (χ3n) is 5.67. The molecule has 1 aliphatic heterocycles. The summed E-state index contributed by atoms with van der Waals surface area (Å²) in [6.45, 7) is 0. The number of amides is 1. The van der Waals surface area contributed by atoms with Crippen molar-refractivity contribution in [1.82, 2.24) is 5.32 Å². The van der Waals surface area contributed by atoms with Crippen molar-refractivity contribution in [2.45, 2.75) is 31.1 Å². The average Bonchev–Trinajstić information content (AvgIpc) is 2.72.